The van der Waals surface area contributed by atoms with E-state index in [4.69, 9.17) is 10.3 Å². The fourth-order valence-corrected chi connectivity index (χ4v) is 5.28. The normalized spacial score (nSPS) is 19.9. The van der Waals surface area contributed by atoms with Gasteiger partial charge in [-0.2, -0.15) is 9.29 Å². The molecule has 0 bridgehead atoms. The van der Waals surface area contributed by atoms with Crippen molar-refractivity contribution in [2.75, 3.05) is 13.1 Å². The van der Waals surface area contributed by atoms with Gasteiger partial charge in [0.15, 0.2) is 5.82 Å². The summed E-state index contributed by atoms with van der Waals surface area (Å²) in [4.78, 5) is 3.99. The lowest BCUT2D eigenvalue weighted by Crippen LogP contribution is -2.34. The van der Waals surface area contributed by atoms with Crippen molar-refractivity contribution in [2.24, 2.45) is 5.73 Å². The lowest BCUT2D eigenvalue weighted by atomic mass is 9.99. The monoisotopic (exact) mass is 416 g/mol. The van der Waals surface area contributed by atoms with E-state index < -0.39 is 21.4 Å². The van der Waals surface area contributed by atoms with E-state index in [0.29, 0.717) is 24.5 Å². The van der Waals surface area contributed by atoms with Gasteiger partial charge in [0.1, 0.15) is 10.7 Å². The van der Waals surface area contributed by atoms with Crippen LogP contribution < -0.4 is 5.73 Å². The van der Waals surface area contributed by atoms with Crippen molar-refractivity contribution in [1.82, 2.24) is 14.4 Å². The van der Waals surface area contributed by atoms with Crippen LogP contribution in [0.15, 0.2) is 27.6 Å². The number of hydrogen-bond acceptors (Lipinski definition) is 6. The van der Waals surface area contributed by atoms with Gasteiger partial charge in [-0.1, -0.05) is 18.0 Å². The first-order chi connectivity index (χ1) is 12.4. The average molecular weight is 417 g/mol. The maximum absolute atomic E-state index is 14.3. The fourth-order valence-electron chi connectivity index (χ4n) is 3.67. The molecule has 2 fully saturated rings. The molecule has 0 radical (unpaired) electrons. The number of benzene rings is 1. The molecular weight excluding hydrogens is 395 g/mol. The smallest absolute Gasteiger partial charge is 0.258 e. The van der Waals surface area contributed by atoms with Gasteiger partial charge in [-0.3, -0.25) is 0 Å². The van der Waals surface area contributed by atoms with Crippen LogP contribution in [0.1, 0.15) is 44.3 Å². The Morgan fingerprint density at radius 3 is 2.48 bits per heavy atom. The summed E-state index contributed by atoms with van der Waals surface area (Å²) in [5.41, 5.74) is 6.09. The van der Waals surface area contributed by atoms with E-state index in [0.717, 1.165) is 44.6 Å². The number of rotatable bonds is 4. The lowest BCUT2D eigenvalue weighted by molar-refractivity contribution is 0.372. The predicted molar refractivity (Wildman–Crippen MR) is 99.3 cm³/mol. The topological polar surface area (TPSA) is 102 Å². The van der Waals surface area contributed by atoms with E-state index in [1.54, 1.807) is 0 Å². The molecule has 2 heterocycles. The van der Waals surface area contributed by atoms with Gasteiger partial charge in [-0.15, -0.1) is 12.4 Å². The second kappa shape index (κ2) is 7.46. The number of nitrogens with zero attached hydrogens (tertiary/aromatic N) is 3. The van der Waals surface area contributed by atoms with E-state index in [1.807, 2.05) is 0 Å². The van der Waals surface area contributed by atoms with Crippen molar-refractivity contribution in [2.45, 2.75) is 49.0 Å². The third-order valence-electron chi connectivity index (χ3n) is 5.23. The van der Waals surface area contributed by atoms with Crippen LogP contribution >= 0.6 is 12.4 Å². The number of nitrogens with two attached hydrogens (primary N) is 1. The van der Waals surface area contributed by atoms with Crippen molar-refractivity contribution in [3.05, 3.63) is 29.8 Å². The van der Waals surface area contributed by atoms with Crippen LogP contribution in [0.3, 0.4) is 0 Å². The zero-order chi connectivity index (χ0) is 18.4. The molecular formula is C17H22ClFN4O3S. The van der Waals surface area contributed by atoms with E-state index in [2.05, 4.69) is 10.1 Å². The molecule has 1 saturated heterocycles. The fraction of sp³-hybridized carbons (Fsp3) is 0.529. The van der Waals surface area contributed by atoms with Crippen LogP contribution in [-0.4, -0.2) is 36.0 Å². The van der Waals surface area contributed by atoms with Crippen LogP contribution in [0.4, 0.5) is 4.39 Å². The molecule has 0 atom stereocenters. The van der Waals surface area contributed by atoms with Gasteiger partial charge in [-0.05, 0) is 43.9 Å². The summed E-state index contributed by atoms with van der Waals surface area (Å²) in [7, 11) is -3.88. The van der Waals surface area contributed by atoms with Crippen LogP contribution in [-0.2, 0) is 15.6 Å². The third-order valence-corrected chi connectivity index (χ3v) is 7.14. The summed E-state index contributed by atoms with van der Waals surface area (Å²) in [5.74, 6) is -0.223. The zero-order valence-electron chi connectivity index (χ0n) is 14.7. The predicted octanol–water partition coefficient (Wildman–Crippen LogP) is 2.81. The highest BCUT2D eigenvalue weighted by Gasteiger charge is 2.36. The van der Waals surface area contributed by atoms with E-state index in [1.165, 1.54) is 16.4 Å². The van der Waals surface area contributed by atoms with Gasteiger partial charge < -0.3 is 10.3 Å². The van der Waals surface area contributed by atoms with Gasteiger partial charge in [-0.25, -0.2) is 12.8 Å². The van der Waals surface area contributed by atoms with Crippen molar-refractivity contribution < 1.29 is 17.3 Å². The highest BCUT2D eigenvalue weighted by Crippen LogP contribution is 2.36. The quantitative estimate of drug-likeness (QED) is 0.822. The largest absolute Gasteiger partial charge is 0.334 e. The molecule has 7 nitrogen and oxygen atoms in total. The van der Waals surface area contributed by atoms with Crippen LogP contribution in [0.5, 0.6) is 0 Å². The molecule has 2 aromatic rings. The summed E-state index contributed by atoms with van der Waals surface area (Å²) in [5, 5.41) is 3.97. The maximum Gasteiger partial charge on any atom is 0.258 e. The minimum absolute atomic E-state index is 0. The molecule has 1 aromatic heterocycles. The summed E-state index contributed by atoms with van der Waals surface area (Å²) in [6.07, 6.45) is 5.15. The molecule has 10 heteroatoms. The maximum atomic E-state index is 14.3. The van der Waals surface area contributed by atoms with E-state index >= 15 is 0 Å². The average Bonchev–Trinajstić information content (AvgIpc) is 3.37. The minimum atomic E-state index is -3.88. The first kappa shape index (κ1) is 20.2. The van der Waals surface area contributed by atoms with E-state index in [9.17, 15) is 12.8 Å². The second-order valence-electron chi connectivity index (χ2n) is 7.04. The molecule has 2 aliphatic rings. The molecule has 1 aliphatic heterocycles. The highest BCUT2D eigenvalue weighted by molar-refractivity contribution is 7.89. The molecule has 148 valence electrons. The van der Waals surface area contributed by atoms with Gasteiger partial charge in [0.25, 0.3) is 5.89 Å². The molecule has 27 heavy (non-hydrogen) atoms. The van der Waals surface area contributed by atoms with Gasteiger partial charge in [0, 0.05) is 18.7 Å². The Morgan fingerprint density at radius 1 is 1.15 bits per heavy atom. The Balaban J connectivity index is 0.00000210. The first-order valence-electron chi connectivity index (χ1n) is 8.83. The van der Waals surface area contributed by atoms with Gasteiger partial charge >= 0.3 is 0 Å². The van der Waals surface area contributed by atoms with Crippen molar-refractivity contribution in [3.63, 3.8) is 0 Å². The van der Waals surface area contributed by atoms with Crippen LogP contribution in [0.25, 0.3) is 11.5 Å². The molecule has 0 spiro atoms. The Morgan fingerprint density at radius 2 is 1.81 bits per heavy atom. The van der Waals surface area contributed by atoms with Crippen LogP contribution in [0, 0.1) is 5.82 Å². The summed E-state index contributed by atoms with van der Waals surface area (Å²) < 4.78 is 46.3. The number of hydrogen-bond donors (Lipinski definition) is 1. The van der Waals surface area contributed by atoms with Crippen LogP contribution in [0.2, 0.25) is 0 Å². The summed E-state index contributed by atoms with van der Waals surface area (Å²) >= 11 is 0. The number of halogens is 2. The van der Waals surface area contributed by atoms with Gasteiger partial charge in [0.05, 0.1) is 5.54 Å². The van der Waals surface area contributed by atoms with Crippen molar-refractivity contribution in [1.29, 1.82) is 0 Å². The Hall–Kier alpha value is -1.55. The first-order valence-corrected chi connectivity index (χ1v) is 10.3. The SMILES string of the molecule is Cl.NC1(c2noc(-c3ccc(F)c(S(=O)(=O)N4CCCC4)c3)n2)CCCC1. The zero-order valence-corrected chi connectivity index (χ0v) is 16.4. The molecule has 0 amide bonds. The highest BCUT2D eigenvalue weighted by atomic mass is 35.5. The van der Waals surface area contributed by atoms with E-state index in [-0.39, 0.29) is 23.2 Å². The Kier molecular flexibility index (Phi) is 5.58. The molecule has 0 unspecified atom stereocenters. The molecule has 1 saturated carbocycles. The molecule has 1 aromatic carbocycles. The molecule has 4 rings (SSSR count). The minimum Gasteiger partial charge on any atom is -0.334 e. The molecule has 1 aliphatic carbocycles. The Labute approximate surface area is 163 Å². The van der Waals surface area contributed by atoms with Crippen molar-refractivity contribution in [3.8, 4) is 11.5 Å². The lowest BCUT2D eigenvalue weighted by Gasteiger charge is -2.17. The van der Waals surface area contributed by atoms with Gasteiger partial charge in [0.2, 0.25) is 10.0 Å². The second-order valence-corrected chi connectivity index (χ2v) is 8.95. The molecule has 2 N–H and O–H groups in total. The summed E-state index contributed by atoms with van der Waals surface area (Å²) in [6, 6.07) is 3.82. The third kappa shape index (κ3) is 3.61. The summed E-state index contributed by atoms with van der Waals surface area (Å²) in [6.45, 7) is 0.818. The number of sulfonamides is 1. The number of aromatic nitrogens is 2. The Bertz CT molecular complexity index is 922. The standard InChI is InChI=1S/C17H21FN4O3S.ClH/c18-13-6-5-12(11-14(13)26(23,24)22-9-3-4-10-22)15-20-16(21-25-15)17(19)7-1-2-8-17;/h5-6,11H,1-4,7-10,19H2;1H. The van der Waals surface area contributed by atoms with Crippen molar-refractivity contribution >= 4 is 22.4 Å².